The molecule has 2 aliphatic rings. The van der Waals surface area contributed by atoms with Crippen molar-refractivity contribution in [2.24, 2.45) is 0 Å². The van der Waals surface area contributed by atoms with Gasteiger partial charge in [0.25, 0.3) is 11.7 Å². The third-order valence-electron chi connectivity index (χ3n) is 5.98. The summed E-state index contributed by atoms with van der Waals surface area (Å²) < 4.78 is 10.7. The fourth-order valence-electron chi connectivity index (χ4n) is 4.52. The maximum Gasteiger partial charge on any atom is 0.295 e. The van der Waals surface area contributed by atoms with Gasteiger partial charge >= 0.3 is 0 Å². The van der Waals surface area contributed by atoms with E-state index in [0.29, 0.717) is 17.1 Å². The van der Waals surface area contributed by atoms with E-state index in [1.165, 1.54) is 14.2 Å². The summed E-state index contributed by atoms with van der Waals surface area (Å²) in [7, 11) is 3.01. The van der Waals surface area contributed by atoms with Crippen molar-refractivity contribution in [2.75, 3.05) is 14.2 Å². The summed E-state index contributed by atoms with van der Waals surface area (Å²) in [5, 5.41) is 11.3. The van der Waals surface area contributed by atoms with Gasteiger partial charge in [-0.05, 0) is 36.6 Å². The smallest absolute Gasteiger partial charge is 0.295 e. The second-order valence-corrected chi connectivity index (χ2v) is 7.62. The Kier molecular flexibility index (Phi) is 5.48. The number of ketones is 1. The highest BCUT2D eigenvalue weighted by Crippen LogP contribution is 2.44. The van der Waals surface area contributed by atoms with Crippen LogP contribution in [0.5, 0.6) is 11.5 Å². The number of Topliss-reactive ketones (excluding diaryl/α,β-unsaturated/α-hetero) is 1. The van der Waals surface area contributed by atoms with Gasteiger partial charge in [0.2, 0.25) is 0 Å². The average Bonchev–Trinajstić information content (AvgIpc) is 3.40. The largest absolute Gasteiger partial charge is 0.507 e. The first-order valence-corrected chi connectivity index (χ1v) is 10.1. The minimum atomic E-state index is -0.668. The lowest BCUT2D eigenvalue weighted by molar-refractivity contribution is -0.141. The second kappa shape index (κ2) is 8.22. The number of amides is 1. The number of carbonyl (C=O) groups excluding carboxylic acids is 2. The Labute approximate surface area is 175 Å². The normalized spacial score (nSPS) is 21.3. The number of hydrogen-bond donors (Lipinski definition) is 1. The quantitative estimate of drug-likeness (QED) is 0.459. The summed E-state index contributed by atoms with van der Waals surface area (Å²) in [6.45, 7) is 0. The molecule has 1 aliphatic carbocycles. The second-order valence-electron chi connectivity index (χ2n) is 7.62. The first kappa shape index (κ1) is 20.0. The Morgan fingerprint density at radius 1 is 1.00 bits per heavy atom. The van der Waals surface area contributed by atoms with Crippen LogP contribution in [0.15, 0.2) is 54.1 Å². The number of ether oxygens (including phenoxy) is 2. The van der Waals surface area contributed by atoms with Crippen molar-refractivity contribution < 1.29 is 24.2 Å². The summed E-state index contributed by atoms with van der Waals surface area (Å²) in [6, 6.07) is 13.7. The van der Waals surface area contributed by atoms with Gasteiger partial charge in [-0.25, -0.2) is 0 Å². The van der Waals surface area contributed by atoms with Gasteiger partial charge in [-0.2, -0.15) is 0 Å². The van der Waals surface area contributed by atoms with E-state index in [-0.39, 0.29) is 17.4 Å². The molecule has 0 bridgehead atoms. The summed E-state index contributed by atoms with van der Waals surface area (Å²) in [4.78, 5) is 27.9. The van der Waals surface area contributed by atoms with Gasteiger partial charge in [-0.1, -0.05) is 43.2 Å². The Balaban J connectivity index is 1.92. The van der Waals surface area contributed by atoms with E-state index in [2.05, 4.69) is 0 Å². The van der Waals surface area contributed by atoms with Crippen LogP contribution in [0.4, 0.5) is 0 Å². The molecule has 1 unspecified atom stereocenters. The summed E-state index contributed by atoms with van der Waals surface area (Å²) >= 11 is 0. The highest BCUT2D eigenvalue weighted by Gasteiger charge is 2.49. The highest BCUT2D eigenvalue weighted by atomic mass is 16.5. The van der Waals surface area contributed by atoms with E-state index in [1.54, 1.807) is 23.1 Å². The van der Waals surface area contributed by atoms with Crippen molar-refractivity contribution in [3.63, 3.8) is 0 Å². The molecule has 1 saturated heterocycles. The van der Waals surface area contributed by atoms with Gasteiger partial charge in [0, 0.05) is 6.04 Å². The van der Waals surface area contributed by atoms with Crippen LogP contribution >= 0.6 is 0 Å². The van der Waals surface area contributed by atoms with Crippen LogP contribution in [0.1, 0.15) is 42.9 Å². The predicted molar refractivity (Wildman–Crippen MR) is 112 cm³/mol. The van der Waals surface area contributed by atoms with Crippen molar-refractivity contribution >= 4 is 17.4 Å². The van der Waals surface area contributed by atoms with Crippen molar-refractivity contribution in [1.82, 2.24) is 4.90 Å². The fourth-order valence-corrected chi connectivity index (χ4v) is 4.52. The van der Waals surface area contributed by atoms with Gasteiger partial charge < -0.3 is 19.5 Å². The first-order chi connectivity index (χ1) is 14.6. The number of carbonyl (C=O) groups is 2. The summed E-state index contributed by atoms with van der Waals surface area (Å²) in [5.41, 5.74) is 1.21. The molecule has 1 aliphatic heterocycles. The van der Waals surface area contributed by atoms with Crippen molar-refractivity contribution in [3.8, 4) is 11.5 Å². The Bertz CT molecular complexity index is 992. The topological polar surface area (TPSA) is 76.1 Å². The maximum absolute atomic E-state index is 13.1. The number of rotatable bonds is 5. The number of aliphatic hydroxyl groups excluding tert-OH is 1. The summed E-state index contributed by atoms with van der Waals surface area (Å²) in [6.07, 6.45) is 3.77. The van der Waals surface area contributed by atoms with Crippen LogP contribution in [0.25, 0.3) is 5.76 Å². The fraction of sp³-hybridized carbons (Fsp3) is 0.333. The monoisotopic (exact) mass is 407 g/mol. The zero-order valence-electron chi connectivity index (χ0n) is 17.1. The molecule has 2 aromatic rings. The maximum atomic E-state index is 13.1. The van der Waals surface area contributed by atoms with E-state index in [4.69, 9.17) is 9.47 Å². The van der Waals surface area contributed by atoms with Gasteiger partial charge in [-0.3, -0.25) is 9.59 Å². The third kappa shape index (κ3) is 3.32. The molecule has 156 valence electrons. The number of methoxy groups -OCH3 is 2. The minimum absolute atomic E-state index is 0.0100. The molecule has 2 aromatic carbocycles. The lowest BCUT2D eigenvalue weighted by Crippen LogP contribution is -2.37. The molecule has 1 saturated carbocycles. The van der Waals surface area contributed by atoms with Crippen LogP contribution in [0.2, 0.25) is 0 Å². The Morgan fingerprint density at radius 3 is 2.33 bits per heavy atom. The van der Waals surface area contributed by atoms with Gasteiger partial charge in [0.1, 0.15) is 17.3 Å². The van der Waals surface area contributed by atoms with E-state index < -0.39 is 17.7 Å². The number of nitrogens with zero attached hydrogens (tertiary/aromatic N) is 1. The number of likely N-dealkylation sites (tertiary alicyclic amines) is 1. The molecule has 6 heteroatoms. The number of hydrogen-bond acceptors (Lipinski definition) is 5. The molecule has 1 amide bonds. The standard InChI is InChI=1S/C24H25NO5/c1-29-17-12-13-19(30-2)18(14-17)22(26)20-21(15-8-4-3-5-9-15)25(24(28)23(20)27)16-10-6-7-11-16/h3-5,8-9,12-14,16,21,26H,6-7,10-11H2,1-2H3/b22-20+. The molecule has 1 N–H and O–H groups in total. The molecule has 0 spiro atoms. The third-order valence-corrected chi connectivity index (χ3v) is 5.98. The van der Waals surface area contributed by atoms with Crippen LogP contribution in [-0.4, -0.2) is 42.0 Å². The van der Waals surface area contributed by atoms with Gasteiger partial charge in [0.15, 0.2) is 0 Å². The number of aliphatic hydroxyl groups is 1. The van der Waals surface area contributed by atoms with E-state index in [0.717, 1.165) is 31.2 Å². The summed E-state index contributed by atoms with van der Waals surface area (Å²) in [5.74, 6) is -0.568. The molecule has 0 aromatic heterocycles. The van der Waals surface area contributed by atoms with E-state index in [9.17, 15) is 14.7 Å². The lowest BCUT2D eigenvalue weighted by atomic mass is 9.94. The SMILES string of the molecule is COc1ccc(OC)c(/C(O)=C2\C(=O)C(=O)N(C3CCCC3)C2c2ccccc2)c1. The molecule has 1 atom stereocenters. The molecule has 30 heavy (non-hydrogen) atoms. The zero-order chi connectivity index (χ0) is 21.3. The van der Waals surface area contributed by atoms with Crippen molar-refractivity contribution in [2.45, 2.75) is 37.8 Å². The predicted octanol–water partition coefficient (Wildman–Crippen LogP) is 4.07. The molecule has 2 fully saturated rings. The van der Waals surface area contributed by atoms with E-state index in [1.807, 2.05) is 30.3 Å². The van der Waals surface area contributed by atoms with Crippen LogP contribution in [-0.2, 0) is 9.59 Å². The van der Waals surface area contributed by atoms with Crippen molar-refractivity contribution in [3.05, 3.63) is 65.2 Å². The first-order valence-electron chi connectivity index (χ1n) is 10.1. The minimum Gasteiger partial charge on any atom is -0.507 e. The molecule has 0 radical (unpaired) electrons. The molecule has 6 nitrogen and oxygen atoms in total. The molecular weight excluding hydrogens is 382 g/mol. The lowest BCUT2D eigenvalue weighted by Gasteiger charge is -2.30. The van der Waals surface area contributed by atoms with Crippen LogP contribution in [0.3, 0.4) is 0 Å². The van der Waals surface area contributed by atoms with Crippen LogP contribution in [0, 0.1) is 0 Å². The van der Waals surface area contributed by atoms with Gasteiger partial charge in [0.05, 0.1) is 31.4 Å². The molecular formula is C24H25NO5. The molecule has 1 heterocycles. The molecule has 4 rings (SSSR count). The highest BCUT2D eigenvalue weighted by molar-refractivity contribution is 6.46. The van der Waals surface area contributed by atoms with Gasteiger partial charge in [-0.15, -0.1) is 0 Å². The van der Waals surface area contributed by atoms with Crippen LogP contribution < -0.4 is 9.47 Å². The zero-order valence-corrected chi connectivity index (χ0v) is 17.1. The van der Waals surface area contributed by atoms with Crippen molar-refractivity contribution in [1.29, 1.82) is 0 Å². The van der Waals surface area contributed by atoms with E-state index >= 15 is 0 Å². The Hall–Kier alpha value is -3.28. The average molecular weight is 407 g/mol. The Morgan fingerprint density at radius 2 is 1.70 bits per heavy atom. The number of benzene rings is 2.